The van der Waals surface area contributed by atoms with Crippen molar-refractivity contribution < 1.29 is 14.8 Å². The zero-order chi connectivity index (χ0) is 10.9. The number of nitrogens with zero attached hydrogens (tertiary/aromatic N) is 1. The second kappa shape index (κ2) is 3.91. The van der Waals surface area contributed by atoms with Gasteiger partial charge in [-0.3, -0.25) is 14.9 Å². The average molecular weight is 307 g/mol. The molecule has 0 amide bonds. The van der Waals surface area contributed by atoms with E-state index in [4.69, 9.17) is 0 Å². The molecule has 14 heavy (non-hydrogen) atoms. The van der Waals surface area contributed by atoms with Crippen LogP contribution in [0, 0.1) is 13.7 Å². The number of benzene rings is 1. The number of phenolic OH excluding ortho intramolecular Hbond substituents is 1. The van der Waals surface area contributed by atoms with E-state index in [0.29, 0.717) is 3.57 Å². The Balaban J connectivity index is 3.49. The van der Waals surface area contributed by atoms with Gasteiger partial charge in [-0.05, 0) is 41.6 Å². The van der Waals surface area contributed by atoms with Crippen LogP contribution in [0.5, 0.6) is 5.75 Å². The Hall–Kier alpha value is -1.18. The number of nitro benzene ring substituents is 1. The first-order chi connectivity index (χ1) is 6.45. The quantitative estimate of drug-likeness (QED) is 0.393. The van der Waals surface area contributed by atoms with Gasteiger partial charge in [-0.25, -0.2) is 0 Å². The lowest BCUT2D eigenvalue weighted by atomic mass is 10.1. The van der Waals surface area contributed by atoms with Gasteiger partial charge < -0.3 is 5.11 Å². The summed E-state index contributed by atoms with van der Waals surface area (Å²) in [7, 11) is 0. The summed E-state index contributed by atoms with van der Waals surface area (Å²) < 4.78 is 0.301. The van der Waals surface area contributed by atoms with Gasteiger partial charge in [0.05, 0.1) is 14.1 Å². The minimum atomic E-state index is -0.705. The van der Waals surface area contributed by atoms with E-state index >= 15 is 0 Å². The third kappa shape index (κ3) is 1.84. The molecule has 1 N–H and O–H groups in total. The van der Waals surface area contributed by atoms with E-state index in [2.05, 4.69) is 0 Å². The van der Waals surface area contributed by atoms with Crippen LogP contribution in [0.2, 0.25) is 0 Å². The van der Waals surface area contributed by atoms with E-state index in [1.165, 1.54) is 19.1 Å². The van der Waals surface area contributed by atoms with Crippen LogP contribution in [0.25, 0.3) is 0 Å². The minimum Gasteiger partial charge on any atom is -0.502 e. The van der Waals surface area contributed by atoms with Crippen LogP contribution in [0.1, 0.15) is 17.3 Å². The minimum absolute atomic E-state index is 0.0304. The molecular weight excluding hydrogens is 301 g/mol. The third-order valence-corrected chi connectivity index (χ3v) is 2.53. The van der Waals surface area contributed by atoms with E-state index < -0.39 is 22.1 Å². The van der Waals surface area contributed by atoms with Crippen molar-refractivity contribution in [2.24, 2.45) is 0 Å². The number of halogens is 1. The highest BCUT2D eigenvalue weighted by Gasteiger charge is 2.22. The Kier molecular flexibility index (Phi) is 3.04. The molecule has 0 aliphatic carbocycles. The smallest absolute Gasteiger partial charge is 0.324 e. The van der Waals surface area contributed by atoms with Gasteiger partial charge in [0.15, 0.2) is 5.78 Å². The molecule has 1 aromatic rings. The Labute approximate surface area is 93.0 Å². The van der Waals surface area contributed by atoms with E-state index in [0.717, 1.165) is 0 Å². The molecule has 0 aliphatic heterocycles. The van der Waals surface area contributed by atoms with Crippen molar-refractivity contribution in [2.75, 3.05) is 0 Å². The molecule has 6 heteroatoms. The van der Waals surface area contributed by atoms with Crippen molar-refractivity contribution in [1.29, 1.82) is 0 Å². The lowest BCUT2D eigenvalue weighted by Gasteiger charge is -2.02. The predicted octanol–water partition coefficient (Wildman–Crippen LogP) is 2.11. The van der Waals surface area contributed by atoms with Crippen molar-refractivity contribution in [3.8, 4) is 5.75 Å². The summed E-state index contributed by atoms with van der Waals surface area (Å²) in [5.41, 5.74) is -0.449. The molecule has 0 unspecified atom stereocenters. The van der Waals surface area contributed by atoms with Crippen LogP contribution in [-0.2, 0) is 0 Å². The molecule has 0 aliphatic rings. The van der Waals surface area contributed by atoms with E-state index in [1.807, 2.05) is 0 Å². The highest BCUT2D eigenvalue weighted by atomic mass is 127. The number of carbonyl (C=O) groups excluding carboxylic acids is 1. The van der Waals surface area contributed by atoms with Crippen molar-refractivity contribution in [2.45, 2.75) is 6.92 Å². The molecule has 1 aromatic carbocycles. The molecule has 0 fully saturated rings. The molecule has 0 atom stereocenters. The molecule has 0 aromatic heterocycles. The Morgan fingerprint density at radius 3 is 2.57 bits per heavy atom. The number of phenols is 1. The predicted molar refractivity (Wildman–Crippen MR) is 57.5 cm³/mol. The molecule has 0 heterocycles. The molecule has 1 rings (SSSR count). The molecule has 0 saturated heterocycles. The van der Waals surface area contributed by atoms with Crippen LogP contribution >= 0.6 is 22.6 Å². The highest BCUT2D eigenvalue weighted by Crippen LogP contribution is 2.34. The molecule has 0 bridgehead atoms. The molecule has 0 saturated carbocycles. The first-order valence-corrected chi connectivity index (χ1v) is 4.69. The van der Waals surface area contributed by atoms with Crippen LogP contribution in [0.4, 0.5) is 5.69 Å². The SMILES string of the molecule is CC(=O)c1ccc(I)c([N+](=O)[O-])c1O. The summed E-state index contributed by atoms with van der Waals surface area (Å²) in [5.74, 6) is -0.962. The fourth-order valence-corrected chi connectivity index (χ4v) is 1.65. The van der Waals surface area contributed by atoms with Gasteiger partial charge in [0.25, 0.3) is 0 Å². The van der Waals surface area contributed by atoms with E-state index in [-0.39, 0.29) is 5.56 Å². The molecule has 74 valence electrons. The molecule has 0 radical (unpaired) electrons. The largest absolute Gasteiger partial charge is 0.502 e. The molecular formula is C8H6INO4. The van der Waals surface area contributed by atoms with Crippen molar-refractivity contribution in [1.82, 2.24) is 0 Å². The maximum absolute atomic E-state index is 11.0. The highest BCUT2D eigenvalue weighted by molar-refractivity contribution is 14.1. The van der Waals surface area contributed by atoms with Crippen molar-refractivity contribution >= 4 is 34.1 Å². The number of hydrogen-bond acceptors (Lipinski definition) is 4. The standard InChI is InChI=1S/C8H6INO4/c1-4(11)5-2-3-6(9)7(8(5)12)10(13)14/h2-3,12H,1H3. The average Bonchev–Trinajstić information content (AvgIpc) is 2.02. The Morgan fingerprint density at radius 2 is 2.14 bits per heavy atom. The number of Topliss-reactive ketones (excluding diaryl/α,β-unsaturated/α-hetero) is 1. The molecule has 0 spiro atoms. The van der Waals surface area contributed by atoms with E-state index in [9.17, 15) is 20.0 Å². The number of nitro groups is 1. The number of hydrogen-bond donors (Lipinski definition) is 1. The fourth-order valence-electron chi connectivity index (χ4n) is 1.01. The summed E-state index contributed by atoms with van der Waals surface area (Å²) in [4.78, 5) is 20.8. The summed E-state index contributed by atoms with van der Waals surface area (Å²) in [6.45, 7) is 1.24. The summed E-state index contributed by atoms with van der Waals surface area (Å²) in [5, 5.41) is 20.0. The zero-order valence-corrected chi connectivity index (χ0v) is 9.31. The Bertz CT molecular complexity index is 416. The van der Waals surface area contributed by atoms with Gasteiger partial charge in [0.2, 0.25) is 5.75 Å². The van der Waals surface area contributed by atoms with Gasteiger partial charge in [-0.15, -0.1) is 0 Å². The first-order valence-electron chi connectivity index (χ1n) is 3.62. The zero-order valence-electron chi connectivity index (χ0n) is 7.15. The Morgan fingerprint density at radius 1 is 1.57 bits per heavy atom. The number of rotatable bonds is 2. The van der Waals surface area contributed by atoms with Crippen LogP contribution in [-0.4, -0.2) is 15.8 Å². The third-order valence-electron chi connectivity index (χ3n) is 1.66. The van der Waals surface area contributed by atoms with Crippen molar-refractivity contribution in [3.63, 3.8) is 0 Å². The normalized spacial score (nSPS) is 9.86. The lowest BCUT2D eigenvalue weighted by molar-refractivity contribution is -0.386. The maximum Gasteiger partial charge on any atom is 0.324 e. The van der Waals surface area contributed by atoms with Gasteiger partial charge in [-0.1, -0.05) is 0 Å². The lowest BCUT2D eigenvalue weighted by Crippen LogP contribution is -1.98. The van der Waals surface area contributed by atoms with Gasteiger partial charge in [-0.2, -0.15) is 0 Å². The molecule has 5 nitrogen and oxygen atoms in total. The van der Waals surface area contributed by atoms with Crippen LogP contribution < -0.4 is 0 Å². The summed E-state index contributed by atoms with van der Waals surface area (Å²) >= 11 is 1.73. The second-order valence-electron chi connectivity index (χ2n) is 2.61. The summed E-state index contributed by atoms with van der Waals surface area (Å²) in [6, 6.07) is 2.79. The number of aromatic hydroxyl groups is 1. The second-order valence-corrected chi connectivity index (χ2v) is 3.77. The number of carbonyl (C=O) groups is 1. The van der Waals surface area contributed by atoms with Crippen LogP contribution in [0.15, 0.2) is 12.1 Å². The van der Waals surface area contributed by atoms with Crippen molar-refractivity contribution in [3.05, 3.63) is 31.4 Å². The topological polar surface area (TPSA) is 80.4 Å². The fraction of sp³-hybridized carbons (Fsp3) is 0.125. The first kappa shape index (κ1) is 10.9. The van der Waals surface area contributed by atoms with Gasteiger partial charge in [0.1, 0.15) is 0 Å². The van der Waals surface area contributed by atoms with Gasteiger partial charge in [0, 0.05) is 0 Å². The van der Waals surface area contributed by atoms with Gasteiger partial charge >= 0.3 is 5.69 Å². The summed E-state index contributed by atoms with van der Waals surface area (Å²) in [6.07, 6.45) is 0. The maximum atomic E-state index is 11.0. The number of ketones is 1. The van der Waals surface area contributed by atoms with Crippen LogP contribution in [0.3, 0.4) is 0 Å². The van der Waals surface area contributed by atoms with E-state index in [1.54, 1.807) is 22.6 Å². The monoisotopic (exact) mass is 307 g/mol.